The summed E-state index contributed by atoms with van der Waals surface area (Å²) in [4.78, 5) is 14.7. The highest BCUT2D eigenvalue weighted by Crippen LogP contribution is 2.32. The number of hydrogen-bond donors (Lipinski definition) is 1. The molecule has 0 aromatic heterocycles. The lowest BCUT2D eigenvalue weighted by Crippen LogP contribution is -2.52. The molecule has 1 saturated heterocycles. The molecular weight excluding hydrogens is 240 g/mol. The van der Waals surface area contributed by atoms with Crippen LogP contribution in [0.15, 0.2) is 0 Å². The van der Waals surface area contributed by atoms with Gasteiger partial charge in [0.25, 0.3) is 0 Å². The first kappa shape index (κ1) is 13.4. The number of carbonyl (C=O) groups is 1. The number of morpholine rings is 1. The maximum atomic E-state index is 12.6. The number of carbonyl (C=O) groups excluding carboxylic acids is 1. The molecule has 19 heavy (non-hydrogen) atoms. The second-order valence-corrected chi connectivity index (χ2v) is 6.41. The molecule has 0 spiro atoms. The maximum absolute atomic E-state index is 12.6. The molecule has 108 valence electrons. The number of rotatable bonds is 2. The molecule has 4 nitrogen and oxygen atoms in total. The van der Waals surface area contributed by atoms with Gasteiger partial charge in [-0.1, -0.05) is 12.8 Å². The van der Waals surface area contributed by atoms with E-state index in [9.17, 15) is 4.79 Å². The number of amides is 1. The third kappa shape index (κ3) is 2.79. The maximum Gasteiger partial charge on any atom is 0.223 e. The van der Waals surface area contributed by atoms with Gasteiger partial charge in [-0.3, -0.25) is 4.79 Å². The van der Waals surface area contributed by atoms with Crippen LogP contribution in [0.4, 0.5) is 0 Å². The van der Waals surface area contributed by atoms with Crippen molar-refractivity contribution in [1.82, 2.24) is 4.90 Å². The van der Waals surface area contributed by atoms with Crippen LogP contribution in [-0.4, -0.2) is 42.1 Å². The van der Waals surface area contributed by atoms with Gasteiger partial charge in [-0.05, 0) is 38.0 Å². The molecule has 3 aliphatic rings. The van der Waals surface area contributed by atoms with Crippen molar-refractivity contribution < 1.29 is 9.53 Å². The second-order valence-electron chi connectivity index (χ2n) is 6.41. The normalized spacial score (nSPS) is 39.1. The molecule has 4 unspecified atom stereocenters. The van der Waals surface area contributed by atoms with E-state index in [1.54, 1.807) is 0 Å². The van der Waals surface area contributed by atoms with Crippen molar-refractivity contribution in [3.8, 4) is 0 Å². The molecule has 1 heterocycles. The van der Waals surface area contributed by atoms with Gasteiger partial charge in [0.15, 0.2) is 0 Å². The third-order valence-corrected chi connectivity index (χ3v) is 5.21. The predicted molar refractivity (Wildman–Crippen MR) is 73.6 cm³/mol. The highest BCUT2D eigenvalue weighted by molar-refractivity contribution is 5.77. The minimum absolute atomic E-state index is 0.234. The van der Waals surface area contributed by atoms with E-state index in [0.717, 1.165) is 32.2 Å². The van der Waals surface area contributed by atoms with Crippen LogP contribution in [0.5, 0.6) is 0 Å². The van der Waals surface area contributed by atoms with Gasteiger partial charge in [0.05, 0.1) is 18.8 Å². The van der Waals surface area contributed by atoms with Crippen molar-refractivity contribution in [3.05, 3.63) is 0 Å². The van der Waals surface area contributed by atoms with Gasteiger partial charge in [0.1, 0.15) is 0 Å². The van der Waals surface area contributed by atoms with E-state index in [-0.39, 0.29) is 6.04 Å². The molecule has 3 rings (SSSR count). The smallest absolute Gasteiger partial charge is 0.223 e. The van der Waals surface area contributed by atoms with Crippen molar-refractivity contribution in [2.24, 2.45) is 11.7 Å². The van der Waals surface area contributed by atoms with E-state index in [2.05, 4.69) is 4.90 Å². The summed E-state index contributed by atoms with van der Waals surface area (Å²) in [5, 5.41) is 0. The zero-order valence-corrected chi connectivity index (χ0v) is 11.7. The molecule has 1 amide bonds. The first-order valence-electron chi connectivity index (χ1n) is 7.92. The summed E-state index contributed by atoms with van der Waals surface area (Å²) in [6, 6.07) is 0.583. The fourth-order valence-corrected chi connectivity index (χ4v) is 4.07. The topological polar surface area (TPSA) is 55.6 Å². The Kier molecular flexibility index (Phi) is 4.08. The van der Waals surface area contributed by atoms with Gasteiger partial charge in [-0.2, -0.15) is 0 Å². The molecule has 0 radical (unpaired) electrons. The summed E-state index contributed by atoms with van der Waals surface area (Å²) in [6.07, 6.45) is 9.09. The van der Waals surface area contributed by atoms with E-state index in [1.807, 2.05) is 0 Å². The van der Waals surface area contributed by atoms with E-state index in [1.165, 1.54) is 19.3 Å². The molecule has 3 fully saturated rings. The molecule has 2 saturated carbocycles. The Morgan fingerprint density at radius 2 is 2.00 bits per heavy atom. The summed E-state index contributed by atoms with van der Waals surface area (Å²) in [6.45, 7) is 1.49. The lowest BCUT2D eigenvalue weighted by molar-refractivity contribution is -0.145. The van der Waals surface area contributed by atoms with Crippen LogP contribution in [0.1, 0.15) is 51.4 Å². The molecule has 4 heteroatoms. The third-order valence-electron chi connectivity index (χ3n) is 5.21. The van der Waals surface area contributed by atoms with Crippen LogP contribution in [0.25, 0.3) is 0 Å². The summed E-state index contributed by atoms with van der Waals surface area (Å²) in [5.74, 6) is 0.728. The predicted octanol–water partition coefficient (Wildman–Crippen LogP) is 1.67. The fraction of sp³-hybridized carbons (Fsp3) is 0.933. The molecule has 0 aromatic rings. The molecule has 4 atom stereocenters. The van der Waals surface area contributed by atoms with Crippen molar-refractivity contribution in [2.45, 2.75) is 69.6 Å². The lowest BCUT2D eigenvalue weighted by atomic mass is 9.82. The van der Waals surface area contributed by atoms with Crippen LogP contribution in [-0.2, 0) is 9.53 Å². The second kappa shape index (κ2) is 5.80. The van der Waals surface area contributed by atoms with E-state index in [0.29, 0.717) is 37.0 Å². The van der Waals surface area contributed by atoms with Crippen molar-refractivity contribution >= 4 is 5.91 Å². The molecule has 0 aromatic carbocycles. The van der Waals surface area contributed by atoms with Gasteiger partial charge < -0.3 is 15.4 Å². The van der Waals surface area contributed by atoms with Gasteiger partial charge in [0, 0.05) is 19.0 Å². The SMILES string of the molecule is NC1CCCCC1CC(=O)N1CCOC2CCCC21. The van der Waals surface area contributed by atoms with E-state index in [4.69, 9.17) is 10.5 Å². The van der Waals surface area contributed by atoms with Gasteiger partial charge in [-0.15, -0.1) is 0 Å². The first-order chi connectivity index (χ1) is 9.25. The average Bonchev–Trinajstić information content (AvgIpc) is 2.89. The summed E-state index contributed by atoms with van der Waals surface area (Å²) in [7, 11) is 0. The Bertz CT molecular complexity index is 334. The molecule has 2 aliphatic carbocycles. The van der Waals surface area contributed by atoms with Crippen molar-refractivity contribution in [3.63, 3.8) is 0 Å². The highest BCUT2D eigenvalue weighted by atomic mass is 16.5. The van der Waals surface area contributed by atoms with E-state index >= 15 is 0 Å². The number of nitrogens with two attached hydrogens (primary N) is 1. The minimum Gasteiger partial charge on any atom is -0.374 e. The van der Waals surface area contributed by atoms with Crippen LogP contribution in [0, 0.1) is 5.92 Å². The molecular formula is C15H26N2O2. The molecule has 1 aliphatic heterocycles. The highest BCUT2D eigenvalue weighted by Gasteiger charge is 2.39. The van der Waals surface area contributed by atoms with Crippen LogP contribution in [0.2, 0.25) is 0 Å². The quantitative estimate of drug-likeness (QED) is 0.827. The van der Waals surface area contributed by atoms with Gasteiger partial charge in [0.2, 0.25) is 5.91 Å². The standard InChI is InChI=1S/C15H26N2O2/c16-12-5-2-1-4-11(12)10-15(18)17-8-9-19-14-7-3-6-13(14)17/h11-14H,1-10,16H2. The summed E-state index contributed by atoms with van der Waals surface area (Å²) < 4.78 is 5.77. The monoisotopic (exact) mass is 266 g/mol. The van der Waals surface area contributed by atoms with Crippen LogP contribution < -0.4 is 5.73 Å². The fourth-order valence-electron chi connectivity index (χ4n) is 4.07. The Hall–Kier alpha value is -0.610. The molecule has 2 N–H and O–H groups in total. The number of hydrogen-bond acceptors (Lipinski definition) is 3. The number of nitrogens with zero attached hydrogens (tertiary/aromatic N) is 1. The average molecular weight is 266 g/mol. The Morgan fingerprint density at radius 1 is 1.16 bits per heavy atom. The van der Waals surface area contributed by atoms with Crippen molar-refractivity contribution in [2.75, 3.05) is 13.2 Å². The van der Waals surface area contributed by atoms with E-state index < -0.39 is 0 Å². The zero-order valence-electron chi connectivity index (χ0n) is 11.7. The van der Waals surface area contributed by atoms with Crippen LogP contribution >= 0.6 is 0 Å². The Morgan fingerprint density at radius 3 is 2.84 bits per heavy atom. The van der Waals surface area contributed by atoms with Gasteiger partial charge >= 0.3 is 0 Å². The lowest BCUT2D eigenvalue weighted by Gasteiger charge is -2.39. The summed E-state index contributed by atoms with van der Waals surface area (Å²) in [5.41, 5.74) is 6.17. The van der Waals surface area contributed by atoms with Gasteiger partial charge in [-0.25, -0.2) is 0 Å². The zero-order chi connectivity index (χ0) is 13.2. The number of fused-ring (bicyclic) bond motifs is 1. The summed E-state index contributed by atoms with van der Waals surface area (Å²) >= 11 is 0. The first-order valence-corrected chi connectivity index (χ1v) is 7.92. The minimum atomic E-state index is 0.234. The van der Waals surface area contributed by atoms with Crippen LogP contribution in [0.3, 0.4) is 0 Å². The van der Waals surface area contributed by atoms with Crippen molar-refractivity contribution in [1.29, 1.82) is 0 Å². The largest absolute Gasteiger partial charge is 0.374 e. The number of ether oxygens (including phenoxy) is 1. The Balaban J connectivity index is 1.59. The molecule has 0 bridgehead atoms. The Labute approximate surface area is 115 Å².